The fourth-order valence-electron chi connectivity index (χ4n) is 4.44. The highest BCUT2D eigenvalue weighted by atomic mass is 19.1. The van der Waals surface area contributed by atoms with E-state index in [0.717, 1.165) is 31.4 Å². The van der Waals surface area contributed by atoms with Crippen LogP contribution in [0.4, 0.5) is 8.78 Å². The molecule has 1 fully saturated rings. The first-order valence-corrected chi connectivity index (χ1v) is 12.9. The molecule has 2 unspecified atom stereocenters. The number of nitrogens with zero attached hydrogens (tertiary/aromatic N) is 2. The number of carbonyl (C=O) groups excluding carboxylic acids is 3. The second-order valence-electron chi connectivity index (χ2n) is 10.2. The minimum atomic E-state index is -1.03. The summed E-state index contributed by atoms with van der Waals surface area (Å²) in [4.78, 5) is 47.8. The lowest BCUT2D eigenvalue weighted by Gasteiger charge is -2.34. The van der Waals surface area contributed by atoms with Crippen LogP contribution in [0.5, 0.6) is 0 Å². The molecule has 2 heterocycles. The number of rotatable bonds is 10. The van der Waals surface area contributed by atoms with E-state index < -0.39 is 29.6 Å². The third-order valence-corrected chi connectivity index (χ3v) is 6.69. The molecule has 1 aromatic heterocycles. The summed E-state index contributed by atoms with van der Waals surface area (Å²) in [5.41, 5.74) is 0.483. The van der Waals surface area contributed by atoms with Crippen LogP contribution in [-0.2, 0) is 14.4 Å². The molecule has 202 valence electrons. The Morgan fingerprint density at radius 1 is 1.16 bits per heavy atom. The van der Waals surface area contributed by atoms with Crippen molar-refractivity contribution in [2.75, 3.05) is 6.54 Å². The lowest BCUT2D eigenvalue weighted by atomic mass is 10.0. The number of likely N-dealkylation sites (tertiary alicyclic amines) is 1. The molecule has 3 atom stereocenters. The molecule has 10 heteroatoms. The van der Waals surface area contributed by atoms with Gasteiger partial charge in [-0.25, -0.2) is 13.8 Å². The van der Waals surface area contributed by atoms with Crippen LogP contribution in [0.15, 0.2) is 24.4 Å². The molecule has 1 saturated heterocycles. The Bertz CT molecular complexity index is 1100. The number of hydrogen-bond donors (Lipinski definition) is 3. The van der Waals surface area contributed by atoms with E-state index in [9.17, 15) is 23.2 Å². The fraction of sp³-hybridized carbons (Fsp3) is 0.556. The molecule has 1 aliphatic rings. The Balaban J connectivity index is 1.70. The van der Waals surface area contributed by atoms with Crippen molar-refractivity contribution in [3.05, 3.63) is 41.9 Å². The minimum absolute atomic E-state index is 0.0916. The van der Waals surface area contributed by atoms with Crippen molar-refractivity contribution < 1.29 is 23.2 Å². The van der Waals surface area contributed by atoms with Crippen molar-refractivity contribution in [3.63, 3.8) is 0 Å². The number of aromatic nitrogens is 2. The number of benzene rings is 1. The average Bonchev–Trinajstić information content (AvgIpc) is 3.32. The second kappa shape index (κ2) is 12.8. The standard InChI is InChI=1S/C27H37F2N5O3/c1-16(2)8-11-24(35)32-22(14-25(36)34-12-6-5-7-17(34)3)27(37)31-18(4)26-30-15-23(33-26)20-10-9-19(28)13-21(20)29/h9-10,13,15-18,22H,5-8,11-12,14H2,1-4H3,(H,30,33)(H,31,37)(H,32,35)/t17-,18?,22?/m1/s1. The Morgan fingerprint density at radius 2 is 1.92 bits per heavy atom. The number of halogens is 2. The van der Waals surface area contributed by atoms with Crippen LogP contribution in [-0.4, -0.2) is 51.2 Å². The fourth-order valence-corrected chi connectivity index (χ4v) is 4.44. The summed E-state index contributed by atoms with van der Waals surface area (Å²) in [7, 11) is 0. The number of amides is 3. The van der Waals surface area contributed by atoms with Crippen LogP contribution in [0.25, 0.3) is 11.3 Å². The van der Waals surface area contributed by atoms with Crippen LogP contribution in [0.3, 0.4) is 0 Å². The zero-order valence-corrected chi connectivity index (χ0v) is 21.9. The molecule has 8 nitrogen and oxygen atoms in total. The van der Waals surface area contributed by atoms with Crippen molar-refractivity contribution in [2.45, 2.75) is 84.3 Å². The van der Waals surface area contributed by atoms with Gasteiger partial charge in [-0.2, -0.15) is 0 Å². The maximum Gasteiger partial charge on any atom is 0.243 e. The SMILES string of the molecule is CC(C)CCC(=O)NC(CC(=O)N1CCCC[C@H]1C)C(=O)NC(C)c1ncc(-c2ccc(F)cc2F)[nH]1. The first-order chi connectivity index (χ1) is 17.5. The van der Waals surface area contributed by atoms with Crippen molar-refractivity contribution in [2.24, 2.45) is 5.92 Å². The number of hydrogen-bond acceptors (Lipinski definition) is 4. The van der Waals surface area contributed by atoms with Gasteiger partial charge in [0.1, 0.15) is 23.5 Å². The number of nitrogens with one attached hydrogen (secondary N) is 3. The van der Waals surface area contributed by atoms with Crippen molar-refractivity contribution in [1.29, 1.82) is 0 Å². The number of H-pyrrole nitrogens is 1. The monoisotopic (exact) mass is 517 g/mol. The van der Waals surface area contributed by atoms with E-state index in [0.29, 0.717) is 30.4 Å². The number of imidazole rings is 1. The summed E-state index contributed by atoms with van der Waals surface area (Å²) < 4.78 is 27.4. The lowest BCUT2D eigenvalue weighted by molar-refractivity contribution is -0.138. The molecular formula is C27H37F2N5O3. The van der Waals surface area contributed by atoms with E-state index in [1.165, 1.54) is 12.3 Å². The van der Waals surface area contributed by atoms with Gasteiger partial charge in [0.15, 0.2) is 0 Å². The average molecular weight is 518 g/mol. The molecular weight excluding hydrogens is 480 g/mol. The van der Waals surface area contributed by atoms with Gasteiger partial charge in [-0.05, 0) is 57.6 Å². The van der Waals surface area contributed by atoms with Gasteiger partial charge < -0.3 is 20.5 Å². The van der Waals surface area contributed by atoms with E-state index >= 15 is 0 Å². The maximum absolute atomic E-state index is 14.2. The van der Waals surface area contributed by atoms with E-state index in [-0.39, 0.29) is 36.3 Å². The molecule has 3 amide bonds. The molecule has 0 aliphatic carbocycles. The molecule has 3 rings (SSSR count). The Morgan fingerprint density at radius 3 is 2.59 bits per heavy atom. The van der Waals surface area contributed by atoms with Gasteiger partial charge in [0.25, 0.3) is 0 Å². The Kier molecular flexibility index (Phi) is 9.77. The molecule has 0 radical (unpaired) electrons. The lowest BCUT2D eigenvalue weighted by Crippen LogP contribution is -2.51. The highest BCUT2D eigenvalue weighted by Gasteiger charge is 2.30. The van der Waals surface area contributed by atoms with Crippen molar-refractivity contribution >= 4 is 17.7 Å². The van der Waals surface area contributed by atoms with Crippen molar-refractivity contribution in [3.8, 4) is 11.3 Å². The summed E-state index contributed by atoms with van der Waals surface area (Å²) in [5.74, 6) is -1.70. The largest absolute Gasteiger partial charge is 0.345 e. The smallest absolute Gasteiger partial charge is 0.243 e. The summed E-state index contributed by atoms with van der Waals surface area (Å²) in [6.45, 7) is 8.34. The number of piperidine rings is 1. The summed E-state index contributed by atoms with van der Waals surface area (Å²) in [6, 6.07) is 1.68. The van der Waals surface area contributed by atoms with Gasteiger partial charge in [0.05, 0.1) is 24.4 Å². The highest BCUT2D eigenvalue weighted by molar-refractivity contribution is 5.92. The summed E-state index contributed by atoms with van der Waals surface area (Å²) in [5, 5.41) is 5.55. The molecule has 1 aromatic carbocycles. The second-order valence-corrected chi connectivity index (χ2v) is 10.2. The predicted octanol–water partition coefficient (Wildman–Crippen LogP) is 4.24. The van der Waals surface area contributed by atoms with Gasteiger partial charge in [-0.3, -0.25) is 14.4 Å². The Labute approximate surface area is 216 Å². The minimum Gasteiger partial charge on any atom is -0.345 e. The van der Waals surface area contributed by atoms with Gasteiger partial charge in [-0.15, -0.1) is 0 Å². The van der Waals surface area contributed by atoms with Gasteiger partial charge in [0.2, 0.25) is 17.7 Å². The van der Waals surface area contributed by atoms with Crippen molar-refractivity contribution in [1.82, 2.24) is 25.5 Å². The third kappa shape index (κ3) is 7.84. The van der Waals surface area contributed by atoms with E-state index in [1.807, 2.05) is 20.8 Å². The normalized spacial score (nSPS) is 17.4. The summed E-state index contributed by atoms with van der Waals surface area (Å²) >= 11 is 0. The first kappa shape index (κ1) is 28.3. The zero-order valence-electron chi connectivity index (χ0n) is 21.9. The molecule has 0 saturated carbocycles. The number of aromatic amines is 1. The molecule has 2 aromatic rings. The van der Waals surface area contributed by atoms with Crippen LogP contribution in [0.2, 0.25) is 0 Å². The molecule has 3 N–H and O–H groups in total. The molecule has 1 aliphatic heterocycles. The Hall–Kier alpha value is -3.30. The molecule has 0 bridgehead atoms. The van der Waals surface area contributed by atoms with Gasteiger partial charge in [0, 0.05) is 30.6 Å². The van der Waals surface area contributed by atoms with E-state index in [1.54, 1.807) is 11.8 Å². The van der Waals surface area contributed by atoms with Crippen LogP contribution >= 0.6 is 0 Å². The first-order valence-electron chi connectivity index (χ1n) is 12.9. The van der Waals surface area contributed by atoms with Crippen LogP contribution in [0, 0.1) is 17.6 Å². The van der Waals surface area contributed by atoms with E-state index in [4.69, 9.17) is 0 Å². The summed E-state index contributed by atoms with van der Waals surface area (Å²) in [6.07, 6.45) is 5.08. The van der Waals surface area contributed by atoms with Crippen LogP contribution in [0.1, 0.15) is 78.1 Å². The topological polar surface area (TPSA) is 107 Å². The van der Waals surface area contributed by atoms with E-state index in [2.05, 4.69) is 20.6 Å². The predicted molar refractivity (Wildman–Crippen MR) is 136 cm³/mol. The zero-order chi connectivity index (χ0) is 27.1. The quantitative estimate of drug-likeness (QED) is 0.438. The highest BCUT2D eigenvalue weighted by Crippen LogP contribution is 2.23. The molecule has 0 spiro atoms. The van der Waals surface area contributed by atoms with Gasteiger partial charge >= 0.3 is 0 Å². The number of carbonyl (C=O) groups is 3. The van der Waals surface area contributed by atoms with Gasteiger partial charge in [-0.1, -0.05) is 13.8 Å². The third-order valence-electron chi connectivity index (χ3n) is 6.69. The van der Waals surface area contributed by atoms with Crippen LogP contribution < -0.4 is 10.6 Å². The maximum atomic E-state index is 14.2. The molecule has 37 heavy (non-hydrogen) atoms.